The predicted molar refractivity (Wildman–Crippen MR) is 134 cm³/mol. The summed E-state index contributed by atoms with van der Waals surface area (Å²) < 4.78 is 5.61. The molecule has 1 aromatic rings. The van der Waals surface area contributed by atoms with Crippen molar-refractivity contribution in [3.8, 4) is 5.75 Å². The van der Waals surface area contributed by atoms with E-state index in [1.54, 1.807) is 11.8 Å². The molecule has 2 N–H and O–H groups in total. The minimum atomic E-state index is -0.575. The van der Waals surface area contributed by atoms with Crippen LogP contribution in [-0.4, -0.2) is 78.8 Å². The smallest absolute Gasteiger partial charge is 0.260 e. The van der Waals surface area contributed by atoms with Crippen molar-refractivity contribution in [2.75, 3.05) is 39.3 Å². The van der Waals surface area contributed by atoms with Crippen LogP contribution in [0.2, 0.25) is 0 Å². The molecule has 0 aliphatic carbocycles. The molecule has 36 heavy (non-hydrogen) atoms. The Balaban J connectivity index is 1.34. The third-order valence-corrected chi connectivity index (χ3v) is 8.08. The molecule has 0 bridgehead atoms. The molecule has 1 aromatic carbocycles. The third kappa shape index (κ3) is 6.36. The normalized spacial score (nSPS) is 25.0. The van der Waals surface area contributed by atoms with E-state index in [0.717, 1.165) is 32.1 Å². The van der Waals surface area contributed by atoms with Crippen molar-refractivity contribution in [2.24, 2.45) is 11.3 Å². The van der Waals surface area contributed by atoms with Gasteiger partial charge in [0.25, 0.3) is 5.91 Å². The third-order valence-electron chi connectivity index (χ3n) is 8.08. The number of rotatable bonds is 3. The summed E-state index contributed by atoms with van der Waals surface area (Å²) >= 11 is 0. The lowest BCUT2D eigenvalue weighted by molar-refractivity contribution is -0.142. The Morgan fingerprint density at radius 3 is 2.47 bits per heavy atom. The molecular formula is C27H38N4O5. The molecular weight excluding hydrogens is 460 g/mol. The Hall–Kier alpha value is -3.10. The molecule has 196 valence electrons. The van der Waals surface area contributed by atoms with Gasteiger partial charge in [-0.3, -0.25) is 19.2 Å². The summed E-state index contributed by atoms with van der Waals surface area (Å²) in [4.78, 5) is 54.2. The number of para-hydroxylation sites is 1. The van der Waals surface area contributed by atoms with E-state index in [1.165, 1.54) is 0 Å². The van der Waals surface area contributed by atoms with Crippen LogP contribution < -0.4 is 15.4 Å². The molecule has 2 atom stereocenters. The molecule has 0 radical (unpaired) electrons. The fourth-order valence-corrected chi connectivity index (χ4v) is 5.80. The van der Waals surface area contributed by atoms with Crippen LogP contribution in [0.3, 0.4) is 0 Å². The molecule has 4 amide bonds. The molecule has 0 saturated carbocycles. The molecule has 9 heteroatoms. The molecule has 3 fully saturated rings. The van der Waals surface area contributed by atoms with Crippen molar-refractivity contribution >= 4 is 23.6 Å². The van der Waals surface area contributed by atoms with Crippen LogP contribution in [0.25, 0.3) is 0 Å². The van der Waals surface area contributed by atoms with Gasteiger partial charge in [0.2, 0.25) is 17.7 Å². The largest absolute Gasteiger partial charge is 0.484 e. The average molecular weight is 499 g/mol. The van der Waals surface area contributed by atoms with Crippen molar-refractivity contribution in [2.45, 2.75) is 57.9 Å². The first-order valence-corrected chi connectivity index (χ1v) is 13.2. The van der Waals surface area contributed by atoms with Crippen molar-refractivity contribution in [1.29, 1.82) is 0 Å². The Labute approximate surface area is 212 Å². The van der Waals surface area contributed by atoms with Crippen LogP contribution in [0.15, 0.2) is 30.3 Å². The van der Waals surface area contributed by atoms with Gasteiger partial charge in [-0.2, -0.15) is 0 Å². The second-order valence-corrected chi connectivity index (χ2v) is 10.4. The molecule has 0 aromatic heterocycles. The molecule has 1 spiro atoms. The molecule has 4 rings (SSSR count). The van der Waals surface area contributed by atoms with Gasteiger partial charge in [-0.1, -0.05) is 31.0 Å². The minimum absolute atomic E-state index is 0.0246. The van der Waals surface area contributed by atoms with E-state index in [9.17, 15) is 19.2 Å². The molecule has 0 unspecified atom stereocenters. The number of nitrogens with one attached hydrogen (secondary N) is 2. The maximum Gasteiger partial charge on any atom is 0.260 e. The minimum Gasteiger partial charge on any atom is -0.484 e. The SMILES string of the molecule is CC(=O)N1CC[C@H]2NC(=O)CNC(=O)C3(CCCC[C@H]2C1)CCN(C(=O)COc1ccccc1)CC3. The van der Waals surface area contributed by atoms with Gasteiger partial charge in [-0.25, -0.2) is 0 Å². The van der Waals surface area contributed by atoms with Crippen molar-refractivity contribution < 1.29 is 23.9 Å². The predicted octanol–water partition coefficient (Wildman–Crippen LogP) is 1.72. The van der Waals surface area contributed by atoms with Gasteiger partial charge < -0.3 is 25.2 Å². The Morgan fingerprint density at radius 1 is 1.00 bits per heavy atom. The van der Waals surface area contributed by atoms with E-state index in [0.29, 0.717) is 44.8 Å². The summed E-state index contributed by atoms with van der Waals surface area (Å²) in [6.45, 7) is 3.83. The number of hydrogen-bond acceptors (Lipinski definition) is 5. The van der Waals surface area contributed by atoms with E-state index < -0.39 is 5.41 Å². The second-order valence-electron chi connectivity index (χ2n) is 10.4. The first kappa shape index (κ1) is 26.0. The molecule has 3 saturated heterocycles. The highest BCUT2D eigenvalue weighted by Crippen LogP contribution is 2.38. The zero-order valence-corrected chi connectivity index (χ0v) is 21.2. The number of nitrogens with zero attached hydrogens (tertiary/aromatic N) is 2. The fraction of sp³-hybridized carbons (Fsp3) is 0.630. The van der Waals surface area contributed by atoms with Crippen LogP contribution in [0.4, 0.5) is 0 Å². The maximum absolute atomic E-state index is 13.3. The Kier molecular flexibility index (Phi) is 8.48. The highest BCUT2D eigenvalue weighted by atomic mass is 16.5. The van der Waals surface area contributed by atoms with Gasteiger partial charge in [-0.05, 0) is 50.2 Å². The van der Waals surface area contributed by atoms with Gasteiger partial charge in [-0.15, -0.1) is 0 Å². The van der Waals surface area contributed by atoms with E-state index in [4.69, 9.17) is 4.74 Å². The van der Waals surface area contributed by atoms with E-state index in [2.05, 4.69) is 10.6 Å². The molecule has 9 nitrogen and oxygen atoms in total. The van der Waals surface area contributed by atoms with Gasteiger partial charge in [0.1, 0.15) is 5.75 Å². The van der Waals surface area contributed by atoms with Crippen LogP contribution in [0.5, 0.6) is 5.75 Å². The zero-order valence-electron chi connectivity index (χ0n) is 21.2. The maximum atomic E-state index is 13.3. The number of fused-ring (bicyclic) bond motifs is 1. The summed E-state index contributed by atoms with van der Waals surface area (Å²) in [7, 11) is 0. The van der Waals surface area contributed by atoms with Gasteiger partial charge in [0.15, 0.2) is 6.61 Å². The number of ether oxygens (including phenoxy) is 1. The summed E-state index contributed by atoms with van der Waals surface area (Å²) in [5.41, 5.74) is -0.575. The quantitative estimate of drug-likeness (QED) is 0.660. The molecule has 3 heterocycles. The lowest BCUT2D eigenvalue weighted by Crippen LogP contribution is -2.55. The first-order valence-electron chi connectivity index (χ1n) is 13.2. The molecule has 3 aliphatic rings. The van der Waals surface area contributed by atoms with Crippen LogP contribution in [0.1, 0.15) is 51.9 Å². The number of hydrogen-bond donors (Lipinski definition) is 2. The van der Waals surface area contributed by atoms with E-state index in [-0.39, 0.29) is 48.7 Å². The molecule has 3 aliphatic heterocycles. The van der Waals surface area contributed by atoms with E-state index in [1.807, 2.05) is 35.2 Å². The summed E-state index contributed by atoms with van der Waals surface area (Å²) in [5, 5.41) is 5.98. The van der Waals surface area contributed by atoms with Crippen molar-refractivity contribution in [3.05, 3.63) is 30.3 Å². The number of likely N-dealkylation sites (tertiary alicyclic amines) is 2. The first-order chi connectivity index (χ1) is 17.4. The van der Waals surface area contributed by atoms with E-state index >= 15 is 0 Å². The van der Waals surface area contributed by atoms with Gasteiger partial charge in [0.05, 0.1) is 12.0 Å². The summed E-state index contributed by atoms with van der Waals surface area (Å²) in [6.07, 6.45) is 5.36. The Morgan fingerprint density at radius 2 is 1.75 bits per heavy atom. The topological polar surface area (TPSA) is 108 Å². The number of carbonyl (C=O) groups excluding carboxylic acids is 4. The van der Waals surface area contributed by atoms with Crippen LogP contribution in [-0.2, 0) is 19.2 Å². The van der Waals surface area contributed by atoms with Crippen LogP contribution >= 0.6 is 0 Å². The monoisotopic (exact) mass is 498 g/mol. The lowest BCUT2D eigenvalue weighted by atomic mass is 9.73. The number of piperidine rings is 2. The lowest BCUT2D eigenvalue weighted by Gasteiger charge is -2.42. The zero-order chi connectivity index (χ0) is 25.5. The highest BCUT2D eigenvalue weighted by molar-refractivity contribution is 5.88. The second kappa shape index (κ2) is 11.8. The van der Waals surface area contributed by atoms with Crippen molar-refractivity contribution in [3.63, 3.8) is 0 Å². The standard InChI is InChI=1S/C27H38N4O5/c1-20(32)31-14-10-23-21(18-31)7-5-6-11-27(26(35)28-17-24(33)29-23)12-15-30(16-13-27)25(34)19-36-22-8-3-2-4-9-22/h2-4,8-9,21,23H,5-7,10-19H2,1H3,(H,28,35)(H,29,33)/t21-,23+/m0/s1. The van der Waals surface area contributed by atoms with Crippen LogP contribution in [0, 0.1) is 11.3 Å². The summed E-state index contributed by atoms with van der Waals surface area (Å²) in [5.74, 6) is 0.599. The van der Waals surface area contributed by atoms with Gasteiger partial charge >= 0.3 is 0 Å². The van der Waals surface area contributed by atoms with Gasteiger partial charge in [0, 0.05) is 39.1 Å². The average Bonchev–Trinajstić information content (AvgIpc) is 2.89. The van der Waals surface area contributed by atoms with Crippen molar-refractivity contribution in [1.82, 2.24) is 20.4 Å². The Bertz CT molecular complexity index is 945. The number of carbonyl (C=O) groups is 4. The number of benzene rings is 1. The highest BCUT2D eigenvalue weighted by Gasteiger charge is 2.42. The fourth-order valence-electron chi connectivity index (χ4n) is 5.80. The number of amides is 4. The summed E-state index contributed by atoms with van der Waals surface area (Å²) in [6, 6.07) is 9.28.